The Bertz CT molecular complexity index is 441. The van der Waals surface area contributed by atoms with Gasteiger partial charge in [0.2, 0.25) is 0 Å². The van der Waals surface area contributed by atoms with Gasteiger partial charge in [0.05, 0.1) is 0 Å². The molecule has 1 heterocycles. The maximum absolute atomic E-state index is 3.30. The standard InChI is InChI=1S/C11H10NPSe2/c14-13(15,11-7-3-1-4-8-11)12-9-5-2-6-10-12/h1-10H. The van der Waals surface area contributed by atoms with Gasteiger partial charge in [0.25, 0.3) is 0 Å². The van der Waals surface area contributed by atoms with Crippen LogP contribution in [-0.2, 0) is 0 Å². The van der Waals surface area contributed by atoms with Gasteiger partial charge in [0.1, 0.15) is 0 Å². The van der Waals surface area contributed by atoms with E-state index < -0.39 is 4.35 Å². The summed E-state index contributed by atoms with van der Waals surface area (Å²) in [7, 11) is 0. The molecule has 0 spiro atoms. The van der Waals surface area contributed by atoms with E-state index in [1.807, 2.05) is 24.3 Å². The second-order valence-corrected chi connectivity index (χ2v) is 15.3. The van der Waals surface area contributed by atoms with Gasteiger partial charge in [0, 0.05) is 0 Å². The van der Waals surface area contributed by atoms with Gasteiger partial charge in [-0.1, -0.05) is 0 Å². The first kappa shape index (κ1) is 11.3. The predicted molar refractivity (Wildman–Crippen MR) is 66.5 cm³/mol. The van der Waals surface area contributed by atoms with E-state index in [9.17, 15) is 0 Å². The molecule has 1 aromatic carbocycles. The summed E-state index contributed by atoms with van der Waals surface area (Å²) in [6.45, 7) is 0. The first-order valence-electron chi connectivity index (χ1n) is 4.55. The molecule has 0 fully saturated rings. The second kappa shape index (κ2) is 4.78. The Morgan fingerprint density at radius 1 is 0.933 bits per heavy atom. The molecule has 0 amide bonds. The summed E-state index contributed by atoms with van der Waals surface area (Å²) in [6, 6.07) is 16.6. The van der Waals surface area contributed by atoms with Gasteiger partial charge in [-0.15, -0.1) is 0 Å². The van der Waals surface area contributed by atoms with E-state index in [4.69, 9.17) is 0 Å². The molecule has 0 bridgehead atoms. The van der Waals surface area contributed by atoms with Crippen LogP contribution in [0.2, 0.25) is 0 Å². The molecular formula is C11H10NPSe2. The number of benzene rings is 1. The summed E-state index contributed by atoms with van der Waals surface area (Å²) in [6.07, 6.45) is 4.18. The fraction of sp³-hybridized carbons (Fsp3) is 0. The normalized spacial score (nSPS) is 14.5. The topological polar surface area (TPSA) is 3.88 Å². The molecule has 1 aromatic heterocycles. The van der Waals surface area contributed by atoms with E-state index in [0.717, 1.165) is 0 Å². The van der Waals surface area contributed by atoms with Crippen molar-refractivity contribution in [3.63, 3.8) is 0 Å². The summed E-state index contributed by atoms with van der Waals surface area (Å²) < 4.78 is 0.744. The van der Waals surface area contributed by atoms with Crippen LogP contribution in [0.5, 0.6) is 0 Å². The van der Waals surface area contributed by atoms with E-state index in [-0.39, 0.29) is 0 Å². The van der Waals surface area contributed by atoms with Crippen molar-refractivity contribution in [2.24, 2.45) is 0 Å². The Hall–Kier alpha value is -0.161. The molecule has 2 aromatic rings. The summed E-state index contributed by atoms with van der Waals surface area (Å²) in [5, 5.41) is 1.32. The monoisotopic (exact) mass is 347 g/mol. The van der Waals surface area contributed by atoms with Crippen LogP contribution < -0.4 is 9.64 Å². The zero-order valence-electron chi connectivity index (χ0n) is 7.98. The van der Waals surface area contributed by atoms with Crippen molar-refractivity contribution in [1.82, 2.24) is 0 Å². The van der Waals surface area contributed by atoms with E-state index in [0.29, 0.717) is 0 Å². The summed E-state index contributed by atoms with van der Waals surface area (Å²) in [5.74, 6) is 0. The number of aromatic nitrogens is 1. The third kappa shape index (κ3) is 2.50. The van der Waals surface area contributed by atoms with Crippen LogP contribution in [0, 0.1) is 0 Å². The molecule has 0 unspecified atom stereocenters. The summed E-state index contributed by atoms with van der Waals surface area (Å²) in [5.41, 5.74) is 0. The molecule has 15 heavy (non-hydrogen) atoms. The molecule has 4 heteroatoms. The molecule has 0 aliphatic rings. The van der Waals surface area contributed by atoms with Crippen LogP contribution in [0.25, 0.3) is 0 Å². The van der Waals surface area contributed by atoms with E-state index in [1.54, 1.807) is 0 Å². The van der Waals surface area contributed by atoms with Crippen LogP contribution in [0.15, 0.2) is 60.9 Å². The Balaban J connectivity index is 2.50. The molecule has 0 aliphatic carbocycles. The van der Waals surface area contributed by atoms with E-state index >= 15 is 0 Å². The number of pyridine rings is 1. The zero-order valence-corrected chi connectivity index (χ0v) is 12.3. The van der Waals surface area contributed by atoms with Crippen molar-refractivity contribution in [1.29, 1.82) is 0 Å². The SMILES string of the molecule is [Se]=[P@@]([Se-])(c1ccccc1)[n+]1ccccc1. The molecule has 76 valence electrons. The second-order valence-electron chi connectivity index (χ2n) is 3.11. The van der Waals surface area contributed by atoms with Crippen molar-refractivity contribution in [2.75, 3.05) is 0 Å². The van der Waals surface area contributed by atoms with Crippen LogP contribution >= 0.6 is 4.35 Å². The van der Waals surface area contributed by atoms with Crippen LogP contribution in [-0.4, -0.2) is 30.7 Å². The van der Waals surface area contributed by atoms with Crippen molar-refractivity contribution in [3.05, 3.63) is 60.9 Å². The van der Waals surface area contributed by atoms with E-state index in [2.05, 4.69) is 71.7 Å². The van der Waals surface area contributed by atoms with Gasteiger partial charge in [-0.25, -0.2) is 0 Å². The fourth-order valence-electron chi connectivity index (χ4n) is 1.31. The molecule has 1 nitrogen and oxygen atoms in total. The van der Waals surface area contributed by atoms with Gasteiger partial charge >= 0.3 is 106 Å². The quantitative estimate of drug-likeness (QED) is 0.570. The van der Waals surface area contributed by atoms with Crippen molar-refractivity contribution >= 4 is 40.3 Å². The molecule has 0 N–H and O–H groups in total. The molecule has 0 radical (unpaired) electrons. The minimum absolute atomic E-state index is 1.32. The minimum atomic E-state index is -1.48. The van der Waals surface area contributed by atoms with Gasteiger partial charge < -0.3 is 0 Å². The molecule has 0 saturated carbocycles. The maximum atomic E-state index is 3.30. The third-order valence-corrected chi connectivity index (χ3v) is 8.94. The van der Waals surface area contributed by atoms with Gasteiger partial charge in [-0.3, -0.25) is 0 Å². The molecule has 2 rings (SSSR count). The average molecular weight is 345 g/mol. The van der Waals surface area contributed by atoms with Gasteiger partial charge in [-0.05, 0) is 0 Å². The first-order chi connectivity index (χ1) is 7.21. The first-order valence-corrected chi connectivity index (χ1v) is 10.7. The van der Waals surface area contributed by atoms with Gasteiger partial charge in [-0.2, -0.15) is 0 Å². The predicted octanol–water partition coefficient (Wildman–Crippen LogP) is 1.25. The van der Waals surface area contributed by atoms with Gasteiger partial charge in [0.15, 0.2) is 0 Å². The Morgan fingerprint density at radius 2 is 1.47 bits per heavy atom. The van der Waals surface area contributed by atoms with Crippen molar-refractivity contribution < 1.29 is 4.34 Å². The average Bonchev–Trinajstić information content (AvgIpc) is 2.31. The van der Waals surface area contributed by atoms with Crippen LogP contribution in [0.3, 0.4) is 0 Å². The van der Waals surface area contributed by atoms with Crippen LogP contribution in [0.1, 0.15) is 0 Å². The third-order valence-electron chi connectivity index (χ3n) is 2.09. The number of nitrogens with zero attached hydrogens (tertiary/aromatic N) is 1. The molecular weight excluding hydrogens is 335 g/mol. The van der Waals surface area contributed by atoms with Crippen LogP contribution in [0.4, 0.5) is 0 Å². The zero-order chi connectivity index (χ0) is 10.7. The number of rotatable bonds is 2. The Labute approximate surface area is 105 Å². The Kier molecular flexibility index (Phi) is 3.61. The Morgan fingerprint density at radius 3 is 2.07 bits per heavy atom. The van der Waals surface area contributed by atoms with E-state index in [1.165, 1.54) is 5.30 Å². The molecule has 0 aliphatic heterocycles. The fourth-order valence-corrected chi connectivity index (χ4v) is 5.54. The molecule has 0 saturated heterocycles. The number of hydrogen-bond donors (Lipinski definition) is 0. The number of hydrogen-bond acceptors (Lipinski definition) is 0. The summed E-state index contributed by atoms with van der Waals surface area (Å²) in [4.78, 5) is 0. The van der Waals surface area contributed by atoms with Crippen molar-refractivity contribution in [2.45, 2.75) is 0 Å². The molecule has 1 atom stereocenters. The van der Waals surface area contributed by atoms with Crippen molar-refractivity contribution in [3.8, 4) is 0 Å². The summed E-state index contributed by atoms with van der Waals surface area (Å²) >= 11 is 6.61.